The van der Waals surface area contributed by atoms with Crippen molar-refractivity contribution >= 4 is 11.8 Å². The van der Waals surface area contributed by atoms with Crippen LogP contribution in [0.5, 0.6) is 0 Å². The van der Waals surface area contributed by atoms with E-state index in [9.17, 15) is 9.59 Å². The van der Waals surface area contributed by atoms with Crippen molar-refractivity contribution in [2.24, 2.45) is 0 Å². The van der Waals surface area contributed by atoms with E-state index in [1.54, 1.807) is 0 Å². The van der Waals surface area contributed by atoms with Crippen molar-refractivity contribution in [1.29, 1.82) is 0 Å². The van der Waals surface area contributed by atoms with Crippen LogP contribution in [0.1, 0.15) is 30.9 Å². The van der Waals surface area contributed by atoms with Crippen LogP contribution < -0.4 is 0 Å². The molecule has 2 rings (SSSR count). The first-order valence-corrected chi connectivity index (χ1v) is 9.27. The zero-order valence-electron chi connectivity index (χ0n) is 15.8. The van der Waals surface area contributed by atoms with Crippen molar-refractivity contribution in [3.8, 4) is 0 Å². The Hall–Kier alpha value is -1.88. The van der Waals surface area contributed by atoms with Gasteiger partial charge in [-0.25, -0.2) is 0 Å². The lowest BCUT2D eigenvalue weighted by atomic mass is 10.1. The Labute approximate surface area is 151 Å². The summed E-state index contributed by atoms with van der Waals surface area (Å²) in [7, 11) is 3.94. The molecule has 0 spiro atoms. The lowest BCUT2D eigenvalue weighted by Crippen LogP contribution is -2.51. The SMILES string of the molecule is CCc1ccc(CCC(=O)N2CCN(C(=O)CCN(C)C)CC2)cc1. The Morgan fingerprint density at radius 2 is 1.36 bits per heavy atom. The first-order chi connectivity index (χ1) is 12.0. The van der Waals surface area contributed by atoms with Crippen LogP contribution >= 0.6 is 0 Å². The van der Waals surface area contributed by atoms with Crippen molar-refractivity contribution < 1.29 is 9.59 Å². The molecule has 0 unspecified atom stereocenters. The first kappa shape index (κ1) is 19.4. The lowest BCUT2D eigenvalue weighted by molar-refractivity contribution is -0.139. The molecule has 25 heavy (non-hydrogen) atoms. The number of carbonyl (C=O) groups is 2. The molecule has 1 aliphatic heterocycles. The van der Waals surface area contributed by atoms with E-state index < -0.39 is 0 Å². The van der Waals surface area contributed by atoms with Crippen LogP contribution in [0.15, 0.2) is 24.3 Å². The number of carbonyl (C=O) groups excluding carboxylic acids is 2. The second-order valence-electron chi connectivity index (χ2n) is 6.98. The molecule has 1 aromatic carbocycles. The highest BCUT2D eigenvalue weighted by molar-refractivity contribution is 5.78. The molecule has 1 heterocycles. The average molecular weight is 345 g/mol. The van der Waals surface area contributed by atoms with E-state index in [2.05, 4.69) is 31.2 Å². The van der Waals surface area contributed by atoms with Crippen LogP contribution in [0.4, 0.5) is 0 Å². The molecular weight excluding hydrogens is 314 g/mol. The molecular formula is C20H31N3O2. The minimum Gasteiger partial charge on any atom is -0.339 e. The minimum atomic E-state index is 0.191. The normalized spacial score (nSPS) is 14.9. The van der Waals surface area contributed by atoms with Gasteiger partial charge in [-0.2, -0.15) is 0 Å². The maximum atomic E-state index is 12.4. The third-order valence-electron chi connectivity index (χ3n) is 4.82. The fraction of sp³-hybridized carbons (Fsp3) is 0.600. The molecule has 5 nitrogen and oxygen atoms in total. The molecule has 1 aliphatic rings. The van der Waals surface area contributed by atoms with Crippen molar-refractivity contribution in [2.75, 3.05) is 46.8 Å². The van der Waals surface area contributed by atoms with Crippen LogP contribution in [0.2, 0.25) is 0 Å². The Morgan fingerprint density at radius 1 is 0.880 bits per heavy atom. The number of benzene rings is 1. The van der Waals surface area contributed by atoms with Crippen LogP contribution in [0.25, 0.3) is 0 Å². The maximum Gasteiger partial charge on any atom is 0.223 e. The summed E-state index contributed by atoms with van der Waals surface area (Å²) in [5.74, 6) is 0.386. The molecule has 1 saturated heterocycles. The number of amides is 2. The molecule has 0 radical (unpaired) electrons. The average Bonchev–Trinajstić information content (AvgIpc) is 2.64. The predicted octanol–water partition coefficient (Wildman–Crippen LogP) is 1.80. The molecule has 138 valence electrons. The summed E-state index contributed by atoms with van der Waals surface area (Å²) in [5, 5.41) is 0. The van der Waals surface area contributed by atoms with Crippen LogP contribution in [0, 0.1) is 0 Å². The topological polar surface area (TPSA) is 43.9 Å². The smallest absolute Gasteiger partial charge is 0.223 e. The molecule has 0 saturated carbocycles. The van der Waals surface area contributed by atoms with Gasteiger partial charge in [0.05, 0.1) is 0 Å². The van der Waals surface area contributed by atoms with E-state index in [1.807, 2.05) is 28.8 Å². The van der Waals surface area contributed by atoms with Crippen molar-refractivity contribution in [3.05, 3.63) is 35.4 Å². The zero-order valence-corrected chi connectivity index (χ0v) is 15.8. The van der Waals surface area contributed by atoms with E-state index in [4.69, 9.17) is 0 Å². The molecule has 0 bridgehead atoms. The summed E-state index contributed by atoms with van der Waals surface area (Å²) in [6.45, 7) is 5.53. The molecule has 1 aromatic rings. The van der Waals surface area contributed by atoms with Crippen LogP contribution in [0.3, 0.4) is 0 Å². The molecule has 5 heteroatoms. The van der Waals surface area contributed by atoms with Crippen molar-refractivity contribution in [3.63, 3.8) is 0 Å². The zero-order chi connectivity index (χ0) is 18.2. The summed E-state index contributed by atoms with van der Waals surface area (Å²) in [6, 6.07) is 8.51. The van der Waals surface area contributed by atoms with E-state index in [0.717, 1.165) is 19.4 Å². The third kappa shape index (κ3) is 6.16. The minimum absolute atomic E-state index is 0.191. The summed E-state index contributed by atoms with van der Waals surface area (Å²) >= 11 is 0. The largest absolute Gasteiger partial charge is 0.339 e. The molecule has 1 fully saturated rings. The second kappa shape index (κ2) is 9.56. The second-order valence-corrected chi connectivity index (χ2v) is 6.98. The van der Waals surface area contributed by atoms with Gasteiger partial charge in [-0.3, -0.25) is 9.59 Å². The van der Waals surface area contributed by atoms with Gasteiger partial charge in [0.2, 0.25) is 11.8 Å². The maximum absolute atomic E-state index is 12.4. The molecule has 0 N–H and O–H groups in total. The number of hydrogen-bond donors (Lipinski definition) is 0. The molecule has 0 aromatic heterocycles. The molecule has 2 amide bonds. The number of rotatable bonds is 7. The Kier molecular flexibility index (Phi) is 7.44. The van der Waals surface area contributed by atoms with Gasteiger partial charge >= 0.3 is 0 Å². The van der Waals surface area contributed by atoms with Gasteiger partial charge in [0, 0.05) is 45.6 Å². The van der Waals surface area contributed by atoms with Crippen LogP contribution in [-0.2, 0) is 22.4 Å². The molecule has 0 atom stereocenters. The summed E-state index contributed by atoms with van der Waals surface area (Å²) in [4.78, 5) is 30.3. The number of hydrogen-bond acceptors (Lipinski definition) is 3. The summed E-state index contributed by atoms with van der Waals surface area (Å²) < 4.78 is 0. The highest BCUT2D eigenvalue weighted by Crippen LogP contribution is 2.10. The van der Waals surface area contributed by atoms with Gasteiger partial charge < -0.3 is 14.7 Å². The van der Waals surface area contributed by atoms with Gasteiger partial charge in [0.25, 0.3) is 0 Å². The Balaban J connectivity index is 1.72. The summed E-state index contributed by atoms with van der Waals surface area (Å²) in [6.07, 6.45) is 2.91. The van der Waals surface area contributed by atoms with Gasteiger partial charge in [0.1, 0.15) is 0 Å². The van der Waals surface area contributed by atoms with Crippen molar-refractivity contribution in [2.45, 2.75) is 32.6 Å². The standard InChI is InChI=1S/C20H31N3O2/c1-4-17-5-7-18(8-6-17)9-10-19(24)22-13-15-23(16-14-22)20(25)11-12-21(2)3/h5-8H,4,9-16H2,1-3H3. The van der Waals surface area contributed by atoms with E-state index in [0.29, 0.717) is 39.0 Å². The summed E-state index contributed by atoms with van der Waals surface area (Å²) in [5.41, 5.74) is 2.54. The van der Waals surface area contributed by atoms with Gasteiger partial charge in [-0.1, -0.05) is 31.2 Å². The number of aryl methyl sites for hydroxylation is 2. The first-order valence-electron chi connectivity index (χ1n) is 9.27. The highest BCUT2D eigenvalue weighted by Gasteiger charge is 2.23. The van der Waals surface area contributed by atoms with Gasteiger partial charge in [-0.05, 0) is 38.1 Å². The van der Waals surface area contributed by atoms with Gasteiger partial charge in [0.15, 0.2) is 0 Å². The van der Waals surface area contributed by atoms with Crippen molar-refractivity contribution in [1.82, 2.24) is 14.7 Å². The van der Waals surface area contributed by atoms with Gasteiger partial charge in [-0.15, -0.1) is 0 Å². The van der Waals surface area contributed by atoms with Crippen LogP contribution in [-0.4, -0.2) is 73.3 Å². The molecule has 0 aliphatic carbocycles. The number of nitrogens with zero attached hydrogens (tertiary/aromatic N) is 3. The fourth-order valence-corrected chi connectivity index (χ4v) is 3.03. The number of piperazine rings is 1. The third-order valence-corrected chi connectivity index (χ3v) is 4.82. The Bertz CT molecular complexity index is 561. The van der Waals surface area contributed by atoms with E-state index in [1.165, 1.54) is 11.1 Å². The predicted molar refractivity (Wildman–Crippen MR) is 100 cm³/mol. The monoisotopic (exact) mass is 345 g/mol. The van der Waals surface area contributed by atoms with E-state index in [-0.39, 0.29) is 11.8 Å². The Morgan fingerprint density at radius 3 is 1.84 bits per heavy atom. The quantitative estimate of drug-likeness (QED) is 0.757. The highest BCUT2D eigenvalue weighted by atomic mass is 16.2. The fourth-order valence-electron chi connectivity index (χ4n) is 3.03. The van der Waals surface area contributed by atoms with E-state index >= 15 is 0 Å². The lowest BCUT2D eigenvalue weighted by Gasteiger charge is -2.35.